The highest BCUT2D eigenvalue weighted by atomic mass is 127. The Hall–Kier alpha value is -2.22. The zero-order valence-electron chi connectivity index (χ0n) is 17.2. The van der Waals surface area contributed by atoms with Gasteiger partial charge in [-0.1, -0.05) is 25.5 Å². The fourth-order valence-electron chi connectivity index (χ4n) is 3.42. The van der Waals surface area contributed by atoms with Gasteiger partial charge in [-0.2, -0.15) is 0 Å². The van der Waals surface area contributed by atoms with E-state index in [0.29, 0.717) is 13.2 Å². The number of nitrogens with one attached hydrogen (secondary N) is 2. The molecular weight excluding hydrogens is 477 g/mol. The molecule has 2 N–H and O–H groups in total. The summed E-state index contributed by atoms with van der Waals surface area (Å²) >= 11 is 2.43. The number of fused-ring (bicyclic) bond motifs is 1. The first kappa shape index (κ1) is 21.5. The third-order valence-corrected chi connectivity index (χ3v) is 5.93. The van der Waals surface area contributed by atoms with Crippen LogP contribution in [0.3, 0.4) is 0 Å². The molecule has 1 aromatic heterocycles. The van der Waals surface area contributed by atoms with Gasteiger partial charge in [-0.3, -0.25) is 0 Å². The number of anilines is 1. The summed E-state index contributed by atoms with van der Waals surface area (Å²) in [5.41, 5.74) is 4.28. The van der Waals surface area contributed by atoms with Crippen molar-refractivity contribution < 1.29 is 9.53 Å². The van der Waals surface area contributed by atoms with Gasteiger partial charge in [-0.05, 0) is 72.7 Å². The van der Waals surface area contributed by atoms with E-state index < -0.39 is 0 Å². The van der Waals surface area contributed by atoms with E-state index >= 15 is 0 Å². The van der Waals surface area contributed by atoms with E-state index in [0.717, 1.165) is 36.4 Å². The Morgan fingerprint density at radius 1 is 1.10 bits per heavy atom. The number of rotatable bonds is 8. The number of carbonyl (C=O) groups is 1. The zero-order chi connectivity index (χ0) is 20.8. The fourth-order valence-corrected chi connectivity index (χ4v) is 4.48. The van der Waals surface area contributed by atoms with E-state index in [1.54, 1.807) is 0 Å². The molecule has 0 fully saturated rings. The molecule has 3 aromatic rings. The van der Waals surface area contributed by atoms with Crippen molar-refractivity contribution in [3.8, 4) is 17.0 Å². The summed E-state index contributed by atoms with van der Waals surface area (Å²) in [7, 11) is 0. The minimum absolute atomic E-state index is 0.160. The smallest absolute Gasteiger partial charge is 0.319 e. The second-order valence-electron chi connectivity index (χ2n) is 6.83. The van der Waals surface area contributed by atoms with Gasteiger partial charge in [0.15, 0.2) is 0 Å². The van der Waals surface area contributed by atoms with Gasteiger partial charge in [0.05, 0.1) is 17.8 Å². The van der Waals surface area contributed by atoms with Gasteiger partial charge in [0.25, 0.3) is 0 Å². The van der Waals surface area contributed by atoms with E-state index in [-0.39, 0.29) is 6.03 Å². The second kappa shape index (κ2) is 10.0. The van der Waals surface area contributed by atoms with Crippen molar-refractivity contribution in [1.82, 2.24) is 9.88 Å². The fraction of sp³-hybridized carbons (Fsp3) is 0.348. The Balaban J connectivity index is 1.88. The second-order valence-corrected chi connectivity index (χ2v) is 7.91. The lowest BCUT2D eigenvalue weighted by atomic mass is 10.1. The number of nitrogens with zero attached hydrogens (tertiary/aromatic N) is 1. The van der Waals surface area contributed by atoms with Gasteiger partial charge in [0.2, 0.25) is 0 Å². The van der Waals surface area contributed by atoms with Gasteiger partial charge in [-0.25, -0.2) is 4.79 Å². The number of ether oxygens (including phenoxy) is 1. The number of hydrogen-bond acceptors (Lipinski definition) is 2. The Morgan fingerprint density at radius 2 is 1.86 bits per heavy atom. The molecule has 0 saturated heterocycles. The van der Waals surface area contributed by atoms with Crippen LogP contribution in [0.5, 0.6) is 5.75 Å². The molecule has 0 bridgehead atoms. The summed E-state index contributed by atoms with van der Waals surface area (Å²) in [4.78, 5) is 12.0. The quantitative estimate of drug-likeness (QED) is 0.281. The topological polar surface area (TPSA) is 55.3 Å². The molecule has 0 aliphatic rings. The molecule has 6 heteroatoms. The predicted molar refractivity (Wildman–Crippen MR) is 129 cm³/mol. The molecule has 0 unspecified atom stereocenters. The highest BCUT2D eigenvalue weighted by Gasteiger charge is 2.17. The monoisotopic (exact) mass is 505 g/mol. The average Bonchev–Trinajstić information content (AvgIpc) is 3.00. The number of benzene rings is 2. The van der Waals surface area contributed by atoms with E-state index in [2.05, 4.69) is 75.9 Å². The molecular formula is C23H28IN3O2. The van der Waals surface area contributed by atoms with Crippen molar-refractivity contribution in [2.24, 2.45) is 0 Å². The van der Waals surface area contributed by atoms with Crippen LogP contribution in [0.15, 0.2) is 42.5 Å². The molecule has 2 amide bonds. The summed E-state index contributed by atoms with van der Waals surface area (Å²) in [6.45, 7) is 8.47. The first-order valence-corrected chi connectivity index (χ1v) is 11.3. The average molecular weight is 505 g/mol. The summed E-state index contributed by atoms with van der Waals surface area (Å²) in [5, 5.41) is 6.99. The summed E-state index contributed by atoms with van der Waals surface area (Å²) in [6.07, 6.45) is 2.04. The molecule has 0 aliphatic heterocycles. The molecule has 3 rings (SSSR count). The first-order chi connectivity index (χ1) is 14.1. The van der Waals surface area contributed by atoms with Crippen LogP contribution in [0.4, 0.5) is 10.5 Å². The van der Waals surface area contributed by atoms with E-state index in [4.69, 9.17) is 4.74 Å². The minimum atomic E-state index is -0.160. The normalized spacial score (nSPS) is 10.9. The van der Waals surface area contributed by atoms with Gasteiger partial charge in [0, 0.05) is 33.8 Å². The summed E-state index contributed by atoms with van der Waals surface area (Å²) in [6, 6.07) is 14.1. The van der Waals surface area contributed by atoms with Gasteiger partial charge >= 0.3 is 6.03 Å². The lowest BCUT2D eigenvalue weighted by Gasteiger charge is -2.11. The number of halogens is 1. The number of aryl methyl sites for hydroxylation is 1. The number of urea groups is 1. The molecule has 154 valence electrons. The maximum atomic E-state index is 12.0. The Morgan fingerprint density at radius 3 is 2.52 bits per heavy atom. The van der Waals surface area contributed by atoms with E-state index in [1.165, 1.54) is 20.2 Å². The van der Waals surface area contributed by atoms with Crippen LogP contribution >= 0.6 is 22.6 Å². The van der Waals surface area contributed by atoms with Crippen molar-refractivity contribution in [3.05, 3.63) is 46.0 Å². The third-order valence-electron chi connectivity index (χ3n) is 4.83. The van der Waals surface area contributed by atoms with Crippen LogP contribution in [0.2, 0.25) is 0 Å². The minimum Gasteiger partial charge on any atom is -0.494 e. The SMILES string of the molecule is CCCCNC(=O)Nc1ccc(-c2c(I)c3ccc(OCC)cc3n2CC)cc1. The largest absolute Gasteiger partial charge is 0.494 e. The molecule has 0 spiro atoms. The summed E-state index contributed by atoms with van der Waals surface area (Å²) in [5.74, 6) is 0.892. The van der Waals surface area contributed by atoms with Crippen molar-refractivity contribution in [2.45, 2.75) is 40.2 Å². The van der Waals surface area contributed by atoms with Crippen LogP contribution in [-0.2, 0) is 6.54 Å². The third kappa shape index (κ3) is 4.86. The highest BCUT2D eigenvalue weighted by molar-refractivity contribution is 14.1. The molecule has 1 heterocycles. The van der Waals surface area contributed by atoms with Crippen LogP contribution in [0.25, 0.3) is 22.2 Å². The van der Waals surface area contributed by atoms with Gasteiger partial charge in [0.1, 0.15) is 5.75 Å². The van der Waals surface area contributed by atoms with Gasteiger partial charge in [-0.15, -0.1) is 0 Å². The van der Waals surface area contributed by atoms with E-state index in [9.17, 15) is 4.79 Å². The molecule has 0 atom stereocenters. The van der Waals surface area contributed by atoms with Crippen LogP contribution in [0.1, 0.15) is 33.6 Å². The molecule has 0 aliphatic carbocycles. The Labute approximate surface area is 186 Å². The maximum Gasteiger partial charge on any atom is 0.319 e. The number of unbranched alkanes of at least 4 members (excludes halogenated alkanes) is 1. The lowest BCUT2D eigenvalue weighted by Crippen LogP contribution is -2.29. The number of aromatic nitrogens is 1. The Kier molecular flexibility index (Phi) is 7.41. The molecule has 0 saturated carbocycles. The van der Waals surface area contributed by atoms with Crippen LogP contribution in [-0.4, -0.2) is 23.7 Å². The Bertz CT molecular complexity index is 980. The maximum absolute atomic E-state index is 12.0. The van der Waals surface area contributed by atoms with Gasteiger partial charge < -0.3 is 19.9 Å². The molecule has 29 heavy (non-hydrogen) atoms. The lowest BCUT2D eigenvalue weighted by molar-refractivity contribution is 0.252. The summed E-state index contributed by atoms with van der Waals surface area (Å²) < 4.78 is 9.24. The van der Waals surface area contributed by atoms with Crippen molar-refractivity contribution in [2.75, 3.05) is 18.5 Å². The van der Waals surface area contributed by atoms with Crippen molar-refractivity contribution >= 4 is 45.2 Å². The molecule has 5 nitrogen and oxygen atoms in total. The van der Waals surface area contributed by atoms with Crippen LogP contribution in [0, 0.1) is 3.57 Å². The van der Waals surface area contributed by atoms with Crippen LogP contribution < -0.4 is 15.4 Å². The predicted octanol–water partition coefficient (Wildman–Crippen LogP) is 6.25. The number of carbonyl (C=O) groups excluding carboxylic acids is 1. The van der Waals surface area contributed by atoms with E-state index in [1.807, 2.05) is 25.1 Å². The molecule has 2 aromatic carbocycles. The number of hydrogen-bond donors (Lipinski definition) is 2. The van der Waals surface area contributed by atoms with Crippen molar-refractivity contribution in [1.29, 1.82) is 0 Å². The number of amides is 2. The standard InChI is InChI=1S/C23H28IN3O2/c1-4-7-14-25-23(28)26-17-10-8-16(9-11-17)22-21(24)19-13-12-18(29-6-3)15-20(19)27(22)5-2/h8-13,15H,4-7,14H2,1-3H3,(H2,25,26,28). The molecule has 0 radical (unpaired) electrons. The van der Waals surface area contributed by atoms with Crippen molar-refractivity contribution in [3.63, 3.8) is 0 Å². The first-order valence-electron chi connectivity index (χ1n) is 10.2. The zero-order valence-corrected chi connectivity index (χ0v) is 19.4. The highest BCUT2D eigenvalue weighted by Crippen LogP contribution is 2.36.